The number of aryl methyl sites for hydroxylation is 1. The van der Waals surface area contributed by atoms with Gasteiger partial charge in [0.25, 0.3) is 0 Å². The van der Waals surface area contributed by atoms with E-state index in [9.17, 15) is 0 Å². The standard InChI is InChI=1S/C20H25N/c1-17-9-11-19(12-10-17)20-8-6-7-18(15-20)16-21-13-4-2-3-5-14-21/h6-12,15H,2-5,13-14,16H2,1H3. The van der Waals surface area contributed by atoms with Crippen molar-refractivity contribution in [1.29, 1.82) is 0 Å². The number of benzene rings is 2. The van der Waals surface area contributed by atoms with Crippen LogP contribution in [0.3, 0.4) is 0 Å². The molecule has 1 aliphatic heterocycles. The number of rotatable bonds is 3. The zero-order valence-corrected chi connectivity index (χ0v) is 13.0. The SMILES string of the molecule is Cc1ccc(-c2cccc(CN3CCCCCC3)c2)cc1. The van der Waals surface area contributed by atoms with Crippen molar-refractivity contribution in [3.8, 4) is 11.1 Å². The summed E-state index contributed by atoms with van der Waals surface area (Å²) in [5.41, 5.74) is 5.41. The fourth-order valence-corrected chi connectivity index (χ4v) is 3.15. The fourth-order valence-electron chi connectivity index (χ4n) is 3.15. The van der Waals surface area contributed by atoms with E-state index in [1.54, 1.807) is 0 Å². The van der Waals surface area contributed by atoms with Gasteiger partial charge in [0.15, 0.2) is 0 Å². The molecule has 0 amide bonds. The lowest BCUT2D eigenvalue weighted by atomic mass is 10.0. The number of hydrogen-bond acceptors (Lipinski definition) is 1. The number of nitrogens with zero attached hydrogens (tertiary/aromatic N) is 1. The highest BCUT2D eigenvalue weighted by atomic mass is 15.1. The Bertz CT molecular complexity index is 563. The topological polar surface area (TPSA) is 3.24 Å². The van der Waals surface area contributed by atoms with Crippen LogP contribution in [0.15, 0.2) is 48.5 Å². The van der Waals surface area contributed by atoms with Crippen molar-refractivity contribution in [2.75, 3.05) is 13.1 Å². The summed E-state index contributed by atoms with van der Waals surface area (Å²) >= 11 is 0. The monoisotopic (exact) mass is 279 g/mol. The van der Waals surface area contributed by atoms with Gasteiger partial charge in [-0.15, -0.1) is 0 Å². The summed E-state index contributed by atoms with van der Waals surface area (Å²) in [6, 6.07) is 17.9. The minimum atomic E-state index is 1.10. The summed E-state index contributed by atoms with van der Waals surface area (Å²) in [5, 5.41) is 0. The van der Waals surface area contributed by atoms with Gasteiger partial charge in [-0.25, -0.2) is 0 Å². The molecule has 2 aromatic carbocycles. The summed E-state index contributed by atoms with van der Waals surface area (Å²) in [6.07, 6.45) is 5.52. The zero-order valence-electron chi connectivity index (χ0n) is 13.0. The molecular weight excluding hydrogens is 254 g/mol. The molecule has 0 atom stereocenters. The molecule has 21 heavy (non-hydrogen) atoms. The summed E-state index contributed by atoms with van der Waals surface area (Å²) < 4.78 is 0. The molecule has 0 spiro atoms. The molecule has 1 nitrogen and oxygen atoms in total. The normalized spacial score (nSPS) is 16.6. The molecule has 1 fully saturated rings. The minimum Gasteiger partial charge on any atom is -0.299 e. The molecule has 1 heteroatoms. The Kier molecular flexibility index (Phi) is 4.72. The lowest BCUT2D eigenvalue weighted by Crippen LogP contribution is -2.23. The van der Waals surface area contributed by atoms with Crippen LogP contribution >= 0.6 is 0 Å². The van der Waals surface area contributed by atoms with E-state index in [1.807, 2.05) is 0 Å². The Morgan fingerprint density at radius 3 is 2.24 bits per heavy atom. The van der Waals surface area contributed by atoms with E-state index in [-0.39, 0.29) is 0 Å². The van der Waals surface area contributed by atoms with Gasteiger partial charge in [0.1, 0.15) is 0 Å². The van der Waals surface area contributed by atoms with Crippen LogP contribution in [0.25, 0.3) is 11.1 Å². The Morgan fingerprint density at radius 1 is 0.810 bits per heavy atom. The van der Waals surface area contributed by atoms with Crippen LogP contribution < -0.4 is 0 Å². The van der Waals surface area contributed by atoms with Crippen LogP contribution in [-0.4, -0.2) is 18.0 Å². The Balaban J connectivity index is 1.74. The third-order valence-corrected chi connectivity index (χ3v) is 4.42. The predicted molar refractivity (Wildman–Crippen MR) is 90.4 cm³/mol. The molecule has 1 saturated heterocycles. The van der Waals surface area contributed by atoms with Gasteiger partial charge in [-0.1, -0.05) is 60.9 Å². The predicted octanol–water partition coefficient (Wildman–Crippen LogP) is 5.04. The first-order chi connectivity index (χ1) is 10.3. The second kappa shape index (κ2) is 6.91. The highest BCUT2D eigenvalue weighted by Gasteiger charge is 2.09. The van der Waals surface area contributed by atoms with Crippen LogP contribution in [-0.2, 0) is 6.54 Å². The number of likely N-dealkylation sites (tertiary alicyclic amines) is 1. The van der Waals surface area contributed by atoms with E-state index < -0.39 is 0 Å². The van der Waals surface area contributed by atoms with Crippen molar-refractivity contribution in [2.24, 2.45) is 0 Å². The van der Waals surface area contributed by atoms with Gasteiger partial charge < -0.3 is 0 Å². The van der Waals surface area contributed by atoms with Gasteiger partial charge in [0, 0.05) is 6.54 Å². The van der Waals surface area contributed by atoms with Crippen molar-refractivity contribution in [1.82, 2.24) is 4.90 Å². The van der Waals surface area contributed by atoms with E-state index in [4.69, 9.17) is 0 Å². The molecule has 0 unspecified atom stereocenters. The molecule has 0 bridgehead atoms. The molecule has 1 aliphatic rings. The Labute approximate surface area is 128 Å². The number of hydrogen-bond donors (Lipinski definition) is 0. The smallest absolute Gasteiger partial charge is 0.0233 e. The molecule has 0 N–H and O–H groups in total. The second-order valence-corrected chi connectivity index (χ2v) is 6.26. The van der Waals surface area contributed by atoms with Gasteiger partial charge in [0.05, 0.1) is 0 Å². The molecule has 0 radical (unpaired) electrons. The molecule has 3 rings (SSSR count). The first-order valence-electron chi connectivity index (χ1n) is 8.19. The third-order valence-electron chi connectivity index (χ3n) is 4.42. The van der Waals surface area contributed by atoms with Gasteiger partial charge in [-0.2, -0.15) is 0 Å². The summed E-state index contributed by atoms with van der Waals surface area (Å²) in [5.74, 6) is 0. The fraction of sp³-hybridized carbons (Fsp3) is 0.400. The molecule has 2 aromatic rings. The first kappa shape index (κ1) is 14.3. The minimum absolute atomic E-state index is 1.10. The Morgan fingerprint density at radius 2 is 1.52 bits per heavy atom. The quantitative estimate of drug-likeness (QED) is 0.761. The average Bonchev–Trinajstić information content (AvgIpc) is 2.77. The van der Waals surface area contributed by atoms with Crippen molar-refractivity contribution >= 4 is 0 Å². The molecule has 0 saturated carbocycles. The summed E-state index contributed by atoms with van der Waals surface area (Å²) in [6.45, 7) is 5.75. The molecule has 0 aromatic heterocycles. The molecule has 110 valence electrons. The summed E-state index contributed by atoms with van der Waals surface area (Å²) in [7, 11) is 0. The van der Waals surface area contributed by atoms with E-state index in [1.165, 1.54) is 61.0 Å². The average molecular weight is 279 g/mol. The maximum Gasteiger partial charge on any atom is 0.0233 e. The summed E-state index contributed by atoms with van der Waals surface area (Å²) in [4.78, 5) is 2.61. The van der Waals surface area contributed by atoms with Gasteiger partial charge in [0.2, 0.25) is 0 Å². The van der Waals surface area contributed by atoms with Crippen LogP contribution in [0, 0.1) is 6.92 Å². The lowest BCUT2D eigenvalue weighted by Gasteiger charge is -2.20. The highest BCUT2D eigenvalue weighted by Crippen LogP contribution is 2.22. The van der Waals surface area contributed by atoms with E-state index >= 15 is 0 Å². The molecule has 1 heterocycles. The van der Waals surface area contributed by atoms with Crippen molar-refractivity contribution in [3.63, 3.8) is 0 Å². The van der Waals surface area contributed by atoms with Crippen molar-refractivity contribution in [3.05, 3.63) is 59.7 Å². The highest BCUT2D eigenvalue weighted by molar-refractivity contribution is 5.64. The maximum absolute atomic E-state index is 2.61. The van der Waals surface area contributed by atoms with E-state index in [0.717, 1.165) is 6.54 Å². The third kappa shape index (κ3) is 3.95. The van der Waals surface area contributed by atoms with E-state index in [2.05, 4.69) is 60.4 Å². The van der Waals surface area contributed by atoms with Gasteiger partial charge >= 0.3 is 0 Å². The second-order valence-electron chi connectivity index (χ2n) is 6.26. The van der Waals surface area contributed by atoms with Gasteiger partial charge in [-0.05, 0) is 55.6 Å². The van der Waals surface area contributed by atoms with Crippen molar-refractivity contribution < 1.29 is 0 Å². The largest absolute Gasteiger partial charge is 0.299 e. The van der Waals surface area contributed by atoms with Crippen LogP contribution in [0.5, 0.6) is 0 Å². The van der Waals surface area contributed by atoms with Gasteiger partial charge in [-0.3, -0.25) is 4.90 Å². The van der Waals surface area contributed by atoms with Crippen LogP contribution in [0.4, 0.5) is 0 Å². The maximum atomic E-state index is 2.61. The van der Waals surface area contributed by atoms with Crippen molar-refractivity contribution in [2.45, 2.75) is 39.2 Å². The molecule has 0 aliphatic carbocycles. The first-order valence-corrected chi connectivity index (χ1v) is 8.19. The molecular formula is C20H25N. The zero-order chi connectivity index (χ0) is 14.5. The van der Waals surface area contributed by atoms with E-state index in [0.29, 0.717) is 0 Å². The van der Waals surface area contributed by atoms with Crippen LogP contribution in [0.2, 0.25) is 0 Å². The lowest BCUT2D eigenvalue weighted by molar-refractivity contribution is 0.277. The Hall–Kier alpha value is -1.60. The van der Waals surface area contributed by atoms with Crippen LogP contribution in [0.1, 0.15) is 36.8 Å².